The number of hydrogen-bond donors (Lipinski definition) is 1. The molecule has 1 N–H and O–H groups in total. The molecule has 6 nitrogen and oxygen atoms in total. The van der Waals surface area contributed by atoms with Gasteiger partial charge < -0.3 is 14.8 Å². The maximum atomic E-state index is 12.3. The standard InChI is InChI=1S/C21H25N5OS/c1-4-26-19(14-16-8-6-5-7-9-16)23-24-21(26)28-15-20(27)22-17-10-12-18(13-11-17)25(2)3/h5-13H,4,14-15H2,1-3H3,(H,22,27). The van der Waals surface area contributed by atoms with Gasteiger partial charge in [0.2, 0.25) is 5.91 Å². The third-order valence-electron chi connectivity index (χ3n) is 4.31. The molecule has 0 aliphatic carbocycles. The van der Waals surface area contributed by atoms with Gasteiger partial charge in [-0.25, -0.2) is 0 Å². The molecule has 0 fully saturated rings. The lowest BCUT2D eigenvalue weighted by Gasteiger charge is -2.13. The van der Waals surface area contributed by atoms with Crippen LogP contribution in [0.3, 0.4) is 0 Å². The van der Waals surface area contributed by atoms with Gasteiger partial charge in [0.1, 0.15) is 5.82 Å². The first-order chi connectivity index (χ1) is 13.6. The highest BCUT2D eigenvalue weighted by molar-refractivity contribution is 7.99. The number of benzene rings is 2. The van der Waals surface area contributed by atoms with Crippen molar-refractivity contribution in [3.63, 3.8) is 0 Å². The summed E-state index contributed by atoms with van der Waals surface area (Å²) in [5.74, 6) is 1.15. The Morgan fingerprint density at radius 1 is 1.07 bits per heavy atom. The minimum Gasteiger partial charge on any atom is -0.378 e. The monoisotopic (exact) mass is 395 g/mol. The summed E-state index contributed by atoms with van der Waals surface area (Å²) in [6, 6.07) is 18.0. The van der Waals surface area contributed by atoms with E-state index in [1.54, 1.807) is 0 Å². The van der Waals surface area contributed by atoms with Gasteiger partial charge in [-0.1, -0.05) is 42.1 Å². The summed E-state index contributed by atoms with van der Waals surface area (Å²) in [5.41, 5.74) is 3.08. The number of nitrogens with one attached hydrogen (secondary N) is 1. The average Bonchev–Trinajstić information content (AvgIpc) is 3.09. The molecule has 0 spiro atoms. The van der Waals surface area contributed by atoms with Gasteiger partial charge >= 0.3 is 0 Å². The topological polar surface area (TPSA) is 63.1 Å². The molecule has 1 amide bonds. The van der Waals surface area contributed by atoms with E-state index in [2.05, 4.69) is 39.1 Å². The van der Waals surface area contributed by atoms with Crippen molar-refractivity contribution in [3.8, 4) is 0 Å². The molecule has 0 unspecified atom stereocenters. The Balaban J connectivity index is 1.58. The van der Waals surface area contributed by atoms with Crippen LogP contribution in [0.25, 0.3) is 0 Å². The van der Waals surface area contributed by atoms with Crippen LogP contribution >= 0.6 is 11.8 Å². The third kappa shape index (κ3) is 5.13. The van der Waals surface area contributed by atoms with E-state index in [1.807, 2.05) is 61.5 Å². The summed E-state index contributed by atoms with van der Waals surface area (Å²) in [6.07, 6.45) is 0.729. The van der Waals surface area contributed by atoms with Crippen LogP contribution in [0.15, 0.2) is 59.8 Å². The smallest absolute Gasteiger partial charge is 0.234 e. The van der Waals surface area contributed by atoms with E-state index in [1.165, 1.54) is 17.3 Å². The minimum absolute atomic E-state index is 0.0575. The maximum absolute atomic E-state index is 12.3. The zero-order chi connectivity index (χ0) is 19.9. The van der Waals surface area contributed by atoms with Gasteiger partial charge in [0.25, 0.3) is 0 Å². The van der Waals surface area contributed by atoms with Gasteiger partial charge in [-0.15, -0.1) is 10.2 Å². The van der Waals surface area contributed by atoms with Crippen LogP contribution in [0.2, 0.25) is 0 Å². The highest BCUT2D eigenvalue weighted by atomic mass is 32.2. The molecule has 2 aromatic carbocycles. The first-order valence-electron chi connectivity index (χ1n) is 9.23. The molecule has 0 aliphatic rings. The number of aromatic nitrogens is 3. The van der Waals surface area contributed by atoms with Gasteiger partial charge in [-0.3, -0.25) is 4.79 Å². The summed E-state index contributed by atoms with van der Waals surface area (Å²) in [4.78, 5) is 14.3. The zero-order valence-corrected chi connectivity index (χ0v) is 17.2. The molecule has 0 saturated heterocycles. The Hall–Kier alpha value is -2.80. The average molecular weight is 396 g/mol. The number of amides is 1. The maximum Gasteiger partial charge on any atom is 0.234 e. The van der Waals surface area contributed by atoms with E-state index in [0.717, 1.165) is 35.3 Å². The van der Waals surface area contributed by atoms with E-state index in [9.17, 15) is 4.79 Å². The highest BCUT2D eigenvalue weighted by Gasteiger charge is 2.13. The Bertz CT molecular complexity index is 906. The highest BCUT2D eigenvalue weighted by Crippen LogP contribution is 2.20. The molecule has 0 atom stereocenters. The predicted octanol–water partition coefficient (Wildman–Crippen LogP) is 3.69. The lowest BCUT2D eigenvalue weighted by Crippen LogP contribution is -2.15. The van der Waals surface area contributed by atoms with Crippen LogP contribution in [0.4, 0.5) is 11.4 Å². The molecule has 0 bridgehead atoms. The van der Waals surface area contributed by atoms with Crippen molar-refractivity contribution >= 4 is 29.0 Å². The Morgan fingerprint density at radius 3 is 2.43 bits per heavy atom. The molecule has 146 valence electrons. The molecule has 1 aromatic heterocycles. The lowest BCUT2D eigenvalue weighted by atomic mass is 10.1. The summed E-state index contributed by atoms with van der Waals surface area (Å²) < 4.78 is 2.07. The van der Waals surface area contributed by atoms with Crippen molar-refractivity contribution in [1.29, 1.82) is 0 Å². The van der Waals surface area contributed by atoms with E-state index in [-0.39, 0.29) is 5.91 Å². The zero-order valence-electron chi connectivity index (χ0n) is 16.4. The summed E-state index contributed by atoms with van der Waals surface area (Å²) in [7, 11) is 3.97. The molecular formula is C21H25N5OS. The van der Waals surface area contributed by atoms with Crippen molar-refractivity contribution in [1.82, 2.24) is 14.8 Å². The number of hydrogen-bond acceptors (Lipinski definition) is 5. The van der Waals surface area contributed by atoms with Gasteiger partial charge in [-0.2, -0.15) is 0 Å². The van der Waals surface area contributed by atoms with Gasteiger partial charge in [0.15, 0.2) is 5.16 Å². The molecule has 1 heterocycles. The summed E-state index contributed by atoms with van der Waals surface area (Å²) in [5, 5.41) is 12.3. The van der Waals surface area contributed by atoms with Crippen LogP contribution in [0.1, 0.15) is 18.3 Å². The minimum atomic E-state index is -0.0575. The summed E-state index contributed by atoms with van der Waals surface area (Å²) in [6.45, 7) is 2.83. The van der Waals surface area contributed by atoms with Gasteiger partial charge in [0.05, 0.1) is 5.75 Å². The molecule has 28 heavy (non-hydrogen) atoms. The molecule has 3 rings (SSSR count). The van der Waals surface area contributed by atoms with Crippen LogP contribution in [0.5, 0.6) is 0 Å². The van der Waals surface area contributed by atoms with E-state index >= 15 is 0 Å². The normalized spacial score (nSPS) is 10.7. The quantitative estimate of drug-likeness (QED) is 0.590. The van der Waals surface area contributed by atoms with E-state index in [4.69, 9.17) is 0 Å². The second-order valence-electron chi connectivity index (χ2n) is 6.58. The van der Waals surface area contributed by atoms with Crippen LogP contribution in [-0.4, -0.2) is 40.5 Å². The number of rotatable bonds is 8. The third-order valence-corrected chi connectivity index (χ3v) is 5.28. The SMILES string of the molecule is CCn1c(Cc2ccccc2)nnc1SCC(=O)Nc1ccc(N(C)C)cc1. The number of carbonyl (C=O) groups excluding carboxylic acids is 1. The lowest BCUT2D eigenvalue weighted by molar-refractivity contribution is -0.113. The van der Waals surface area contributed by atoms with Crippen molar-refractivity contribution in [2.75, 3.05) is 30.1 Å². The number of nitrogens with zero attached hydrogens (tertiary/aromatic N) is 4. The van der Waals surface area contributed by atoms with Crippen molar-refractivity contribution in [2.45, 2.75) is 25.0 Å². The van der Waals surface area contributed by atoms with Crippen molar-refractivity contribution < 1.29 is 4.79 Å². The van der Waals surface area contributed by atoms with Crippen molar-refractivity contribution in [3.05, 3.63) is 66.0 Å². The molecular weight excluding hydrogens is 370 g/mol. The van der Waals surface area contributed by atoms with Gasteiger partial charge in [0, 0.05) is 38.4 Å². The van der Waals surface area contributed by atoms with Crippen LogP contribution in [0, 0.1) is 0 Å². The van der Waals surface area contributed by atoms with Crippen LogP contribution in [-0.2, 0) is 17.8 Å². The van der Waals surface area contributed by atoms with Crippen molar-refractivity contribution in [2.24, 2.45) is 0 Å². The summed E-state index contributed by atoms with van der Waals surface area (Å²) >= 11 is 1.41. The molecule has 7 heteroatoms. The number of anilines is 2. The number of carbonyl (C=O) groups is 1. The molecule has 0 radical (unpaired) electrons. The molecule has 3 aromatic rings. The fourth-order valence-electron chi connectivity index (χ4n) is 2.82. The fourth-order valence-corrected chi connectivity index (χ4v) is 3.64. The largest absolute Gasteiger partial charge is 0.378 e. The molecule has 0 saturated carbocycles. The second kappa shape index (κ2) is 9.41. The van der Waals surface area contributed by atoms with Gasteiger partial charge in [-0.05, 0) is 36.8 Å². The first-order valence-corrected chi connectivity index (χ1v) is 10.2. The Kier molecular flexibility index (Phi) is 6.71. The fraction of sp³-hybridized carbons (Fsp3) is 0.286. The van der Waals surface area contributed by atoms with Crippen LogP contribution < -0.4 is 10.2 Å². The Morgan fingerprint density at radius 2 is 1.79 bits per heavy atom. The number of thioether (sulfide) groups is 1. The second-order valence-corrected chi connectivity index (χ2v) is 7.53. The molecule has 0 aliphatic heterocycles. The van der Waals surface area contributed by atoms with E-state index < -0.39 is 0 Å². The Labute approximate surface area is 170 Å². The van der Waals surface area contributed by atoms with E-state index in [0.29, 0.717) is 5.75 Å². The first kappa shape index (κ1) is 19.9. The predicted molar refractivity (Wildman–Crippen MR) is 115 cm³/mol.